The SMILES string of the molecule is COc1ccccc1C(=O)Nc1ccc2oc(C(=O)c3ccccc3)c(C)c2c1. The van der Waals surface area contributed by atoms with E-state index in [-0.39, 0.29) is 11.7 Å². The van der Waals surface area contributed by atoms with E-state index in [1.807, 2.05) is 37.3 Å². The first-order valence-electron chi connectivity index (χ1n) is 9.15. The molecular formula is C24H19NO4. The lowest BCUT2D eigenvalue weighted by atomic mass is 10.0. The number of ether oxygens (including phenoxy) is 1. The largest absolute Gasteiger partial charge is 0.496 e. The van der Waals surface area contributed by atoms with E-state index >= 15 is 0 Å². The Balaban J connectivity index is 1.65. The number of anilines is 1. The van der Waals surface area contributed by atoms with Crippen LogP contribution in [0.25, 0.3) is 11.0 Å². The van der Waals surface area contributed by atoms with Crippen molar-refractivity contribution < 1.29 is 18.7 Å². The van der Waals surface area contributed by atoms with Gasteiger partial charge in [0, 0.05) is 22.2 Å². The monoisotopic (exact) mass is 385 g/mol. The standard InChI is InChI=1S/C24H19NO4/c1-15-19-14-17(25-24(27)18-10-6-7-11-20(18)28-2)12-13-21(19)29-23(15)22(26)16-8-4-3-5-9-16/h3-14H,1-2H3,(H,25,27). The van der Waals surface area contributed by atoms with Crippen LogP contribution >= 0.6 is 0 Å². The first kappa shape index (κ1) is 18.5. The van der Waals surface area contributed by atoms with Crippen molar-refractivity contribution >= 4 is 28.3 Å². The summed E-state index contributed by atoms with van der Waals surface area (Å²) in [6.45, 7) is 1.84. The van der Waals surface area contributed by atoms with Crippen LogP contribution in [0.15, 0.2) is 77.2 Å². The number of fused-ring (bicyclic) bond motifs is 1. The van der Waals surface area contributed by atoms with Gasteiger partial charge in [0.25, 0.3) is 5.91 Å². The first-order chi connectivity index (χ1) is 14.1. The van der Waals surface area contributed by atoms with Crippen molar-refractivity contribution in [3.63, 3.8) is 0 Å². The number of nitrogens with one attached hydrogen (secondary N) is 1. The zero-order valence-corrected chi connectivity index (χ0v) is 16.1. The number of aryl methyl sites for hydroxylation is 1. The molecule has 5 heteroatoms. The number of amides is 1. The van der Waals surface area contributed by atoms with Crippen molar-refractivity contribution in [3.05, 3.63) is 95.2 Å². The Morgan fingerprint density at radius 3 is 2.41 bits per heavy atom. The number of hydrogen-bond acceptors (Lipinski definition) is 4. The minimum absolute atomic E-state index is 0.168. The summed E-state index contributed by atoms with van der Waals surface area (Å²) < 4.78 is 11.1. The maximum atomic E-state index is 12.8. The van der Waals surface area contributed by atoms with Crippen LogP contribution in [0, 0.1) is 6.92 Å². The summed E-state index contributed by atoms with van der Waals surface area (Å²) in [5.74, 6) is 0.364. The van der Waals surface area contributed by atoms with Gasteiger partial charge in [0.15, 0.2) is 5.76 Å². The summed E-state index contributed by atoms with van der Waals surface area (Å²) in [6.07, 6.45) is 0. The molecule has 1 N–H and O–H groups in total. The van der Waals surface area contributed by atoms with Gasteiger partial charge in [0.05, 0.1) is 12.7 Å². The van der Waals surface area contributed by atoms with E-state index in [4.69, 9.17) is 9.15 Å². The Bertz CT molecular complexity index is 1210. The van der Waals surface area contributed by atoms with Crippen molar-refractivity contribution in [2.75, 3.05) is 12.4 Å². The molecule has 4 rings (SSSR count). The van der Waals surface area contributed by atoms with Crippen LogP contribution in [-0.2, 0) is 0 Å². The quantitative estimate of drug-likeness (QED) is 0.478. The van der Waals surface area contributed by atoms with E-state index in [1.165, 1.54) is 7.11 Å². The van der Waals surface area contributed by atoms with Gasteiger partial charge < -0.3 is 14.5 Å². The third kappa shape index (κ3) is 3.50. The lowest BCUT2D eigenvalue weighted by Crippen LogP contribution is -2.13. The number of ketones is 1. The highest BCUT2D eigenvalue weighted by molar-refractivity contribution is 6.11. The van der Waals surface area contributed by atoms with Crippen LogP contribution in [0.2, 0.25) is 0 Å². The van der Waals surface area contributed by atoms with Gasteiger partial charge in [-0.15, -0.1) is 0 Å². The number of para-hydroxylation sites is 1. The Hall–Kier alpha value is -3.86. The minimum atomic E-state index is -0.275. The number of methoxy groups -OCH3 is 1. The predicted molar refractivity (Wildman–Crippen MR) is 112 cm³/mol. The molecule has 0 atom stereocenters. The fraction of sp³-hybridized carbons (Fsp3) is 0.0833. The van der Waals surface area contributed by atoms with E-state index in [9.17, 15) is 9.59 Å². The van der Waals surface area contributed by atoms with Crippen molar-refractivity contribution in [2.45, 2.75) is 6.92 Å². The molecule has 0 radical (unpaired) electrons. The lowest BCUT2D eigenvalue weighted by Gasteiger charge is -2.09. The molecule has 0 aliphatic carbocycles. The molecule has 0 aliphatic heterocycles. The molecule has 4 aromatic rings. The third-order valence-electron chi connectivity index (χ3n) is 4.79. The minimum Gasteiger partial charge on any atom is -0.496 e. The summed E-state index contributed by atoms with van der Waals surface area (Å²) in [4.78, 5) is 25.4. The van der Waals surface area contributed by atoms with Gasteiger partial charge in [-0.1, -0.05) is 42.5 Å². The summed E-state index contributed by atoms with van der Waals surface area (Å²) in [7, 11) is 1.53. The van der Waals surface area contributed by atoms with Crippen LogP contribution in [0.4, 0.5) is 5.69 Å². The lowest BCUT2D eigenvalue weighted by molar-refractivity contribution is 0.101. The van der Waals surface area contributed by atoms with Gasteiger partial charge in [-0.05, 0) is 37.3 Å². The number of carbonyl (C=O) groups is 2. The summed E-state index contributed by atoms with van der Waals surface area (Å²) in [6, 6.07) is 21.3. The van der Waals surface area contributed by atoms with Crippen molar-refractivity contribution in [1.29, 1.82) is 0 Å². The van der Waals surface area contributed by atoms with Crippen LogP contribution in [0.3, 0.4) is 0 Å². The number of furan rings is 1. The average molecular weight is 385 g/mol. The summed E-state index contributed by atoms with van der Waals surface area (Å²) >= 11 is 0. The van der Waals surface area contributed by atoms with Gasteiger partial charge in [-0.3, -0.25) is 9.59 Å². The molecule has 0 spiro atoms. The summed E-state index contributed by atoms with van der Waals surface area (Å²) in [5, 5.41) is 3.66. The molecule has 0 aliphatic rings. The fourth-order valence-corrected chi connectivity index (χ4v) is 3.27. The number of rotatable bonds is 5. The first-order valence-corrected chi connectivity index (χ1v) is 9.15. The topological polar surface area (TPSA) is 68.5 Å². The molecular weight excluding hydrogens is 366 g/mol. The highest BCUT2D eigenvalue weighted by atomic mass is 16.5. The molecule has 29 heavy (non-hydrogen) atoms. The molecule has 0 saturated heterocycles. The van der Waals surface area contributed by atoms with Crippen LogP contribution < -0.4 is 10.1 Å². The number of hydrogen-bond donors (Lipinski definition) is 1. The Labute approximate surface area is 167 Å². The van der Waals surface area contributed by atoms with E-state index in [1.54, 1.807) is 42.5 Å². The zero-order chi connectivity index (χ0) is 20.4. The van der Waals surface area contributed by atoms with Crippen LogP contribution in [0.5, 0.6) is 5.75 Å². The maximum absolute atomic E-state index is 12.8. The second-order valence-electron chi connectivity index (χ2n) is 6.62. The van der Waals surface area contributed by atoms with Crippen molar-refractivity contribution in [1.82, 2.24) is 0 Å². The van der Waals surface area contributed by atoms with Gasteiger partial charge in [-0.2, -0.15) is 0 Å². The fourth-order valence-electron chi connectivity index (χ4n) is 3.27. The van der Waals surface area contributed by atoms with Gasteiger partial charge in [0.1, 0.15) is 11.3 Å². The maximum Gasteiger partial charge on any atom is 0.259 e. The second kappa shape index (κ2) is 7.64. The highest BCUT2D eigenvalue weighted by Crippen LogP contribution is 2.30. The highest BCUT2D eigenvalue weighted by Gasteiger charge is 2.20. The van der Waals surface area contributed by atoms with E-state index in [0.29, 0.717) is 33.9 Å². The molecule has 1 heterocycles. The van der Waals surface area contributed by atoms with Crippen LogP contribution in [-0.4, -0.2) is 18.8 Å². The van der Waals surface area contributed by atoms with Gasteiger partial charge in [0.2, 0.25) is 5.78 Å². The van der Waals surface area contributed by atoms with Crippen molar-refractivity contribution in [3.8, 4) is 5.75 Å². The normalized spacial score (nSPS) is 10.7. The molecule has 1 amide bonds. The smallest absolute Gasteiger partial charge is 0.259 e. The molecule has 0 unspecified atom stereocenters. The Morgan fingerprint density at radius 1 is 0.931 bits per heavy atom. The molecule has 3 aromatic carbocycles. The number of carbonyl (C=O) groups excluding carboxylic acids is 2. The van der Waals surface area contributed by atoms with E-state index in [0.717, 1.165) is 10.9 Å². The Kier molecular flexibility index (Phi) is 4.87. The predicted octanol–water partition coefficient (Wildman–Crippen LogP) is 5.23. The molecule has 0 fully saturated rings. The van der Waals surface area contributed by atoms with E-state index < -0.39 is 0 Å². The average Bonchev–Trinajstić information content (AvgIpc) is 3.09. The zero-order valence-electron chi connectivity index (χ0n) is 16.1. The van der Waals surface area contributed by atoms with Gasteiger partial charge in [-0.25, -0.2) is 0 Å². The number of benzene rings is 3. The molecule has 144 valence electrons. The van der Waals surface area contributed by atoms with Crippen LogP contribution in [0.1, 0.15) is 32.0 Å². The Morgan fingerprint density at radius 2 is 1.66 bits per heavy atom. The third-order valence-corrected chi connectivity index (χ3v) is 4.79. The summed E-state index contributed by atoms with van der Waals surface area (Å²) in [5.41, 5.74) is 2.95. The second-order valence-corrected chi connectivity index (χ2v) is 6.62. The molecule has 5 nitrogen and oxygen atoms in total. The van der Waals surface area contributed by atoms with Crippen molar-refractivity contribution in [2.24, 2.45) is 0 Å². The van der Waals surface area contributed by atoms with E-state index in [2.05, 4.69) is 5.32 Å². The molecule has 0 saturated carbocycles. The molecule has 0 bridgehead atoms. The molecule has 1 aromatic heterocycles. The van der Waals surface area contributed by atoms with Gasteiger partial charge >= 0.3 is 0 Å².